The van der Waals surface area contributed by atoms with Gasteiger partial charge >= 0.3 is 0 Å². The summed E-state index contributed by atoms with van der Waals surface area (Å²) in [4.78, 5) is 0. The number of ether oxygens (including phenoxy) is 1. The monoisotopic (exact) mass is 159 g/mol. The molecule has 1 saturated heterocycles. The zero-order chi connectivity index (χ0) is 7.56. The van der Waals surface area contributed by atoms with Crippen molar-refractivity contribution in [2.45, 2.75) is 12.1 Å². The third-order valence-electron chi connectivity index (χ3n) is 1.42. The highest BCUT2D eigenvalue weighted by Crippen LogP contribution is 2.11. The molecule has 0 aliphatic carbocycles. The standard InChI is InChI=1S/C5H11BNO2P/c6-5-2-7(10)1-4(3-8)9-5/h4-5,8H,1-3,10H2. The third kappa shape index (κ3) is 2.20. The van der Waals surface area contributed by atoms with E-state index >= 15 is 0 Å². The van der Waals surface area contributed by atoms with Gasteiger partial charge in [0.15, 0.2) is 0 Å². The molecule has 56 valence electrons. The molecule has 5 heteroatoms. The minimum Gasteiger partial charge on any atom is -0.394 e. The van der Waals surface area contributed by atoms with Crippen LogP contribution in [0.3, 0.4) is 0 Å². The van der Waals surface area contributed by atoms with E-state index in [1.54, 1.807) is 0 Å². The minimum absolute atomic E-state index is 0.0403. The maximum absolute atomic E-state index is 8.71. The summed E-state index contributed by atoms with van der Waals surface area (Å²) in [6.45, 7) is 1.48. The van der Waals surface area contributed by atoms with Gasteiger partial charge in [0.1, 0.15) is 7.85 Å². The maximum atomic E-state index is 8.71. The summed E-state index contributed by atoms with van der Waals surface area (Å²) >= 11 is 0. The van der Waals surface area contributed by atoms with E-state index in [0.717, 1.165) is 6.54 Å². The Morgan fingerprint density at radius 3 is 2.90 bits per heavy atom. The Hall–Kier alpha value is 0.375. The average molecular weight is 159 g/mol. The van der Waals surface area contributed by atoms with E-state index in [0.29, 0.717) is 6.54 Å². The number of morpholine rings is 1. The van der Waals surface area contributed by atoms with Crippen molar-refractivity contribution in [3.63, 3.8) is 0 Å². The van der Waals surface area contributed by atoms with Crippen molar-refractivity contribution in [1.82, 2.24) is 4.67 Å². The molecule has 1 aliphatic heterocycles. The molecule has 0 spiro atoms. The van der Waals surface area contributed by atoms with Gasteiger partial charge in [-0.05, 0) is 0 Å². The molecule has 0 saturated carbocycles. The normalized spacial score (nSPS) is 36.2. The lowest BCUT2D eigenvalue weighted by Gasteiger charge is -2.33. The molecular weight excluding hydrogens is 148 g/mol. The number of nitrogens with zero attached hydrogens (tertiary/aromatic N) is 1. The van der Waals surface area contributed by atoms with Crippen molar-refractivity contribution in [2.24, 2.45) is 0 Å². The molecule has 0 amide bonds. The second-order valence-corrected chi connectivity index (χ2v) is 3.16. The highest BCUT2D eigenvalue weighted by Gasteiger charge is 2.21. The summed E-state index contributed by atoms with van der Waals surface area (Å²) in [5, 5.41) is 8.71. The van der Waals surface area contributed by atoms with Crippen molar-refractivity contribution >= 4 is 17.2 Å². The Morgan fingerprint density at radius 1 is 1.70 bits per heavy atom. The van der Waals surface area contributed by atoms with Crippen molar-refractivity contribution in [2.75, 3.05) is 19.7 Å². The number of rotatable bonds is 1. The van der Waals surface area contributed by atoms with Gasteiger partial charge in [-0.1, -0.05) is 9.39 Å². The summed E-state index contributed by atoms with van der Waals surface area (Å²) in [5.41, 5.74) is 0. The molecule has 0 aromatic rings. The van der Waals surface area contributed by atoms with Gasteiger partial charge in [0.2, 0.25) is 0 Å². The zero-order valence-electron chi connectivity index (χ0n) is 5.73. The van der Waals surface area contributed by atoms with Crippen LogP contribution in [0.5, 0.6) is 0 Å². The molecule has 2 radical (unpaired) electrons. The highest BCUT2D eigenvalue weighted by molar-refractivity contribution is 7.13. The van der Waals surface area contributed by atoms with Crippen LogP contribution in [-0.4, -0.2) is 49.4 Å². The fourth-order valence-electron chi connectivity index (χ4n) is 1.00. The largest absolute Gasteiger partial charge is 0.394 e. The van der Waals surface area contributed by atoms with Crippen molar-refractivity contribution < 1.29 is 9.84 Å². The van der Waals surface area contributed by atoms with Crippen LogP contribution in [0.15, 0.2) is 0 Å². The van der Waals surface area contributed by atoms with Gasteiger partial charge in [0, 0.05) is 19.1 Å². The minimum atomic E-state index is -0.261. The SMILES string of the molecule is [B]C1CN(P)CC(CO)O1. The van der Waals surface area contributed by atoms with E-state index in [2.05, 4.69) is 9.39 Å². The van der Waals surface area contributed by atoms with Crippen LogP contribution < -0.4 is 0 Å². The second-order valence-electron chi connectivity index (χ2n) is 2.43. The van der Waals surface area contributed by atoms with Gasteiger partial charge in [0.05, 0.1) is 12.7 Å². The molecule has 1 heterocycles. The van der Waals surface area contributed by atoms with Gasteiger partial charge in [-0.3, -0.25) is 4.67 Å². The van der Waals surface area contributed by atoms with E-state index in [9.17, 15) is 0 Å². The topological polar surface area (TPSA) is 32.7 Å². The Bertz CT molecular complexity index is 106. The lowest BCUT2D eigenvalue weighted by Crippen LogP contribution is -2.44. The van der Waals surface area contributed by atoms with Gasteiger partial charge < -0.3 is 9.84 Å². The average Bonchev–Trinajstić information content (AvgIpc) is 1.85. The molecule has 0 bridgehead atoms. The van der Waals surface area contributed by atoms with Crippen LogP contribution >= 0.6 is 9.39 Å². The molecule has 1 fully saturated rings. The van der Waals surface area contributed by atoms with Gasteiger partial charge in [-0.2, -0.15) is 0 Å². The van der Waals surface area contributed by atoms with Crippen LogP contribution in [0.2, 0.25) is 0 Å². The van der Waals surface area contributed by atoms with E-state index in [-0.39, 0.29) is 18.7 Å². The fourth-order valence-corrected chi connectivity index (χ4v) is 1.44. The second kappa shape index (κ2) is 3.68. The van der Waals surface area contributed by atoms with Crippen LogP contribution in [0.4, 0.5) is 0 Å². The predicted molar refractivity (Wildman–Crippen MR) is 42.8 cm³/mol. The zero-order valence-corrected chi connectivity index (χ0v) is 6.89. The lowest BCUT2D eigenvalue weighted by atomic mass is 9.98. The summed E-state index contributed by atoms with van der Waals surface area (Å²) in [6.07, 6.45) is -0.124. The Balaban J connectivity index is 2.35. The number of hydrogen-bond donors (Lipinski definition) is 1. The number of aliphatic hydroxyl groups is 1. The van der Waals surface area contributed by atoms with Gasteiger partial charge in [-0.25, -0.2) is 0 Å². The smallest absolute Gasteiger partial charge is 0.110 e. The van der Waals surface area contributed by atoms with E-state index < -0.39 is 0 Å². The first-order valence-corrected chi connectivity index (χ1v) is 3.75. The van der Waals surface area contributed by atoms with Crippen molar-refractivity contribution in [1.29, 1.82) is 0 Å². The first-order valence-electron chi connectivity index (χ1n) is 3.24. The Morgan fingerprint density at radius 2 is 2.40 bits per heavy atom. The first kappa shape index (κ1) is 8.47. The van der Waals surface area contributed by atoms with E-state index in [1.165, 1.54) is 0 Å². The number of aliphatic hydroxyl groups excluding tert-OH is 1. The highest BCUT2D eigenvalue weighted by atomic mass is 31.0. The Labute approximate surface area is 64.4 Å². The first-order chi connectivity index (χ1) is 4.72. The molecule has 3 nitrogen and oxygen atoms in total. The summed E-state index contributed by atoms with van der Waals surface area (Å²) < 4.78 is 7.15. The third-order valence-corrected chi connectivity index (χ3v) is 1.85. The Kier molecular flexibility index (Phi) is 3.11. The number of hydrogen-bond acceptors (Lipinski definition) is 3. The molecule has 10 heavy (non-hydrogen) atoms. The summed E-state index contributed by atoms with van der Waals surface area (Å²) in [5.74, 6) is 0. The van der Waals surface area contributed by atoms with Crippen molar-refractivity contribution in [3.05, 3.63) is 0 Å². The van der Waals surface area contributed by atoms with Gasteiger partial charge in [-0.15, -0.1) is 0 Å². The van der Waals surface area contributed by atoms with E-state index in [4.69, 9.17) is 17.7 Å². The van der Waals surface area contributed by atoms with Crippen LogP contribution in [0.25, 0.3) is 0 Å². The molecule has 0 aromatic carbocycles. The van der Waals surface area contributed by atoms with Crippen molar-refractivity contribution in [3.8, 4) is 0 Å². The maximum Gasteiger partial charge on any atom is 0.110 e. The quantitative estimate of drug-likeness (QED) is 0.392. The molecule has 1 aliphatic rings. The molecule has 1 rings (SSSR count). The van der Waals surface area contributed by atoms with Crippen LogP contribution in [-0.2, 0) is 4.74 Å². The molecule has 3 atom stereocenters. The van der Waals surface area contributed by atoms with Crippen LogP contribution in [0.1, 0.15) is 0 Å². The molecule has 1 N–H and O–H groups in total. The predicted octanol–water partition coefficient (Wildman–Crippen LogP) is -1.04. The van der Waals surface area contributed by atoms with E-state index in [1.807, 2.05) is 4.67 Å². The summed E-state index contributed by atoms with van der Waals surface area (Å²) in [7, 11) is 8.05. The lowest BCUT2D eigenvalue weighted by molar-refractivity contribution is -0.0477. The molecule has 0 aromatic heterocycles. The summed E-state index contributed by atoms with van der Waals surface area (Å²) in [6, 6.07) is -0.261. The molecular formula is C5H11BNO2P. The van der Waals surface area contributed by atoms with Crippen LogP contribution in [0, 0.1) is 0 Å². The fraction of sp³-hybridized carbons (Fsp3) is 1.00. The van der Waals surface area contributed by atoms with Gasteiger partial charge in [0.25, 0.3) is 0 Å². The molecule has 3 unspecified atom stereocenters.